The number of anilines is 3. The molecule has 0 fully saturated rings. The fourth-order valence-electron chi connectivity index (χ4n) is 4.61. The van der Waals surface area contributed by atoms with E-state index in [0.717, 1.165) is 18.2 Å². The molecule has 0 radical (unpaired) electrons. The SMILES string of the molecule is O=c1nc(NCC(O)CO)nc(Nc2cc(S(=O)(=O)O)cc3cc(S(=O)(=O)O)c(N=Nc4ccc5ccccc5c4S(=O)(=O)O)c(O)c23)[nH]1. The number of H-pyrrole nitrogens is 1. The standard InChI is InChI=1S/C26H23N7O13S3/c34-11-14(35)10-27-24-29-25(31-26(37)30-24)28-18-9-15(47(38,39)40)7-13-8-19(48(41,42)43)21(22(36)20(13)18)33-32-17-6-5-12-3-1-2-4-16(12)23(17)49(44,45)46/h1-9,14,34-36H,10-11H2,(H,38,39,40)(H,41,42,43)(H,44,45,46)(H3,27,28,29,30,31,37). The van der Waals surface area contributed by atoms with Gasteiger partial charge in [-0.05, 0) is 35.0 Å². The molecule has 0 aliphatic carbocycles. The summed E-state index contributed by atoms with van der Waals surface area (Å²) in [5, 5.41) is 41.9. The number of phenolic OH excluding ortho intramolecular Hbond substituents is 1. The summed E-state index contributed by atoms with van der Waals surface area (Å²) in [6.45, 7) is -0.942. The number of aliphatic hydroxyl groups excluding tert-OH is 2. The van der Waals surface area contributed by atoms with E-state index in [2.05, 4.69) is 35.8 Å². The molecule has 4 aromatic carbocycles. The number of aromatic hydroxyl groups is 1. The number of phenols is 1. The Kier molecular flexibility index (Phi) is 9.37. The van der Waals surface area contributed by atoms with Crippen molar-refractivity contribution in [2.45, 2.75) is 20.8 Å². The first-order chi connectivity index (χ1) is 22.9. The summed E-state index contributed by atoms with van der Waals surface area (Å²) in [5.74, 6) is -1.94. The summed E-state index contributed by atoms with van der Waals surface area (Å²) in [6.07, 6.45) is -1.26. The van der Waals surface area contributed by atoms with Crippen LogP contribution in [0.25, 0.3) is 21.5 Å². The minimum absolute atomic E-state index is 0.0157. The third-order valence-electron chi connectivity index (χ3n) is 6.68. The van der Waals surface area contributed by atoms with Crippen LogP contribution in [0, 0.1) is 0 Å². The molecule has 1 unspecified atom stereocenters. The van der Waals surface area contributed by atoms with Crippen molar-refractivity contribution < 1.29 is 54.2 Å². The van der Waals surface area contributed by atoms with E-state index in [0.29, 0.717) is 11.5 Å². The Labute approximate surface area is 275 Å². The number of aromatic amines is 1. The van der Waals surface area contributed by atoms with Crippen LogP contribution in [0.3, 0.4) is 0 Å². The van der Waals surface area contributed by atoms with Gasteiger partial charge in [0.15, 0.2) is 5.75 Å². The van der Waals surface area contributed by atoms with E-state index in [4.69, 9.17) is 5.11 Å². The van der Waals surface area contributed by atoms with E-state index in [1.165, 1.54) is 24.3 Å². The van der Waals surface area contributed by atoms with E-state index >= 15 is 0 Å². The molecule has 5 aromatic rings. The quantitative estimate of drug-likeness (QED) is 0.0689. The fourth-order valence-corrected chi connectivity index (χ4v) is 6.65. The average Bonchev–Trinajstić information content (AvgIpc) is 3.00. The lowest BCUT2D eigenvalue weighted by Gasteiger charge is -2.15. The third kappa shape index (κ3) is 7.63. The largest absolute Gasteiger partial charge is 0.505 e. The van der Waals surface area contributed by atoms with E-state index in [1.54, 1.807) is 6.07 Å². The number of aromatic nitrogens is 3. The van der Waals surface area contributed by atoms with Gasteiger partial charge in [0.2, 0.25) is 11.9 Å². The van der Waals surface area contributed by atoms with Crippen LogP contribution in [-0.4, -0.2) is 88.4 Å². The van der Waals surface area contributed by atoms with Crippen LogP contribution < -0.4 is 16.3 Å². The van der Waals surface area contributed by atoms with E-state index in [9.17, 15) is 53.9 Å². The van der Waals surface area contributed by atoms with Crippen molar-refractivity contribution in [2.75, 3.05) is 23.8 Å². The first-order valence-electron chi connectivity index (χ1n) is 13.3. The zero-order valence-electron chi connectivity index (χ0n) is 24.2. The minimum Gasteiger partial charge on any atom is -0.505 e. The minimum atomic E-state index is -5.30. The average molecular weight is 738 g/mol. The van der Waals surface area contributed by atoms with Gasteiger partial charge in [-0.25, -0.2) is 4.79 Å². The first kappa shape index (κ1) is 35.2. The number of benzene rings is 4. The summed E-state index contributed by atoms with van der Waals surface area (Å²) in [6, 6.07) is 10.7. The molecule has 1 heterocycles. The van der Waals surface area contributed by atoms with Gasteiger partial charge in [-0.15, -0.1) is 10.2 Å². The number of hydrogen-bond acceptors (Lipinski definition) is 16. The van der Waals surface area contributed by atoms with Gasteiger partial charge < -0.3 is 26.0 Å². The molecule has 20 nitrogen and oxygen atoms in total. The van der Waals surface area contributed by atoms with Crippen LogP contribution in [0.2, 0.25) is 0 Å². The van der Waals surface area contributed by atoms with Crippen LogP contribution >= 0.6 is 0 Å². The predicted octanol–water partition coefficient (Wildman–Crippen LogP) is 1.84. The lowest BCUT2D eigenvalue weighted by atomic mass is 10.1. The van der Waals surface area contributed by atoms with E-state index in [1.807, 2.05) is 0 Å². The smallest absolute Gasteiger partial charge is 0.351 e. The Morgan fingerprint density at radius 1 is 0.857 bits per heavy atom. The summed E-state index contributed by atoms with van der Waals surface area (Å²) < 4.78 is 104. The van der Waals surface area contributed by atoms with Crippen LogP contribution in [0.5, 0.6) is 5.75 Å². The molecular formula is C26H23N7O13S3. The molecule has 0 spiro atoms. The number of fused-ring (bicyclic) bond motifs is 2. The zero-order valence-corrected chi connectivity index (χ0v) is 26.7. The van der Waals surface area contributed by atoms with Gasteiger partial charge in [0.05, 0.1) is 23.3 Å². The molecule has 49 heavy (non-hydrogen) atoms. The molecule has 9 N–H and O–H groups in total. The number of azo groups is 1. The van der Waals surface area contributed by atoms with Crippen molar-refractivity contribution in [3.8, 4) is 5.75 Å². The number of aliphatic hydroxyl groups is 2. The van der Waals surface area contributed by atoms with Crippen molar-refractivity contribution in [3.63, 3.8) is 0 Å². The highest BCUT2D eigenvalue weighted by atomic mass is 32.2. The van der Waals surface area contributed by atoms with Gasteiger partial charge in [-0.1, -0.05) is 30.3 Å². The van der Waals surface area contributed by atoms with Gasteiger partial charge in [0, 0.05) is 17.3 Å². The van der Waals surface area contributed by atoms with E-state index < -0.39 is 103 Å². The summed E-state index contributed by atoms with van der Waals surface area (Å²) in [7, 11) is -15.3. The molecule has 0 aliphatic heterocycles. The monoisotopic (exact) mass is 737 g/mol. The van der Waals surface area contributed by atoms with Crippen LogP contribution in [0.1, 0.15) is 0 Å². The maximum absolute atomic E-state index is 12.5. The van der Waals surface area contributed by atoms with Crippen LogP contribution in [-0.2, 0) is 30.4 Å². The van der Waals surface area contributed by atoms with Crippen molar-refractivity contribution in [2.24, 2.45) is 10.2 Å². The predicted molar refractivity (Wildman–Crippen MR) is 171 cm³/mol. The molecule has 0 amide bonds. The zero-order chi connectivity index (χ0) is 35.9. The second-order valence-corrected chi connectivity index (χ2v) is 14.2. The molecule has 0 bridgehead atoms. The van der Waals surface area contributed by atoms with Crippen LogP contribution in [0.15, 0.2) is 84.3 Å². The Bertz CT molecular complexity index is 2560. The van der Waals surface area contributed by atoms with Gasteiger partial charge in [0.1, 0.15) is 21.2 Å². The van der Waals surface area contributed by atoms with E-state index in [-0.39, 0.29) is 17.9 Å². The highest BCUT2D eigenvalue weighted by molar-refractivity contribution is 7.86. The second kappa shape index (κ2) is 13.1. The summed E-state index contributed by atoms with van der Waals surface area (Å²) in [4.78, 5) is 19.2. The molecule has 1 aromatic heterocycles. The van der Waals surface area contributed by atoms with Crippen molar-refractivity contribution >= 4 is 80.9 Å². The normalized spacial score (nSPS) is 13.2. The van der Waals surface area contributed by atoms with Gasteiger partial charge in [-0.3, -0.25) is 18.6 Å². The van der Waals surface area contributed by atoms with Crippen molar-refractivity contribution in [3.05, 3.63) is 65.1 Å². The molecule has 1 atom stereocenters. The first-order valence-corrected chi connectivity index (χ1v) is 17.7. The Hall–Kier alpha value is -5.14. The summed E-state index contributed by atoms with van der Waals surface area (Å²) in [5.41, 5.74) is -2.97. The molecule has 0 saturated heterocycles. The number of nitrogens with one attached hydrogen (secondary N) is 3. The molecule has 0 aliphatic rings. The lowest BCUT2D eigenvalue weighted by Crippen LogP contribution is -2.26. The molecule has 5 rings (SSSR count). The maximum atomic E-state index is 12.5. The van der Waals surface area contributed by atoms with Crippen LogP contribution in [0.4, 0.5) is 29.0 Å². The molecule has 0 saturated carbocycles. The number of rotatable bonds is 11. The maximum Gasteiger partial charge on any atom is 0.351 e. The second-order valence-electron chi connectivity index (χ2n) is 10.1. The molecule has 258 valence electrons. The van der Waals surface area contributed by atoms with Crippen molar-refractivity contribution in [1.29, 1.82) is 0 Å². The Morgan fingerprint density at radius 3 is 2.22 bits per heavy atom. The topological polar surface area (TPSA) is 331 Å². The Balaban J connectivity index is 1.75. The van der Waals surface area contributed by atoms with Gasteiger partial charge >= 0.3 is 5.69 Å². The number of hydrogen-bond donors (Lipinski definition) is 9. The van der Waals surface area contributed by atoms with Gasteiger partial charge in [0.25, 0.3) is 30.4 Å². The van der Waals surface area contributed by atoms with Crippen molar-refractivity contribution in [1.82, 2.24) is 15.0 Å². The number of nitrogens with zero attached hydrogens (tertiary/aromatic N) is 4. The fraction of sp³-hybridized carbons (Fsp3) is 0.115. The van der Waals surface area contributed by atoms with Gasteiger partial charge in [-0.2, -0.15) is 35.2 Å². The molecule has 23 heteroatoms. The highest BCUT2D eigenvalue weighted by Crippen LogP contribution is 2.46. The molecular weight excluding hydrogens is 715 g/mol. The Morgan fingerprint density at radius 2 is 1.57 bits per heavy atom. The summed E-state index contributed by atoms with van der Waals surface area (Å²) >= 11 is 0. The third-order valence-corrected chi connectivity index (χ3v) is 9.33. The highest BCUT2D eigenvalue weighted by Gasteiger charge is 2.27. The lowest BCUT2D eigenvalue weighted by molar-refractivity contribution is 0.105.